The van der Waals surface area contributed by atoms with Gasteiger partial charge in [0, 0.05) is 5.75 Å². The molecule has 4 atom stereocenters. The smallest absolute Gasteiger partial charge is 0.332 e. The lowest BCUT2D eigenvalue weighted by Gasteiger charge is -2.57. The fourth-order valence-corrected chi connectivity index (χ4v) is 7.73. The van der Waals surface area contributed by atoms with Gasteiger partial charge in [-0.05, 0) is 35.6 Å². The van der Waals surface area contributed by atoms with Crippen molar-refractivity contribution in [2.75, 3.05) is 5.75 Å². The van der Waals surface area contributed by atoms with Crippen LogP contribution in [0.3, 0.4) is 0 Å². The number of carbonyl (C=O) groups is 4. The first-order valence-corrected chi connectivity index (χ1v) is 15.2. The van der Waals surface area contributed by atoms with E-state index in [-0.39, 0.29) is 22.8 Å². The van der Waals surface area contributed by atoms with Gasteiger partial charge < -0.3 is 14.5 Å². The van der Waals surface area contributed by atoms with E-state index in [0.717, 1.165) is 21.6 Å². The quantitative estimate of drug-likeness (QED) is 0.119. The van der Waals surface area contributed by atoms with Crippen LogP contribution in [0.5, 0.6) is 0 Å². The third-order valence-electron chi connectivity index (χ3n) is 8.27. The predicted molar refractivity (Wildman–Crippen MR) is 159 cm³/mol. The van der Waals surface area contributed by atoms with E-state index in [4.69, 9.17) is 9.57 Å². The molecular weight excluding hydrogens is 586 g/mol. The Hall–Kier alpha value is -4.71. The lowest BCUT2D eigenvalue weighted by molar-refractivity contribution is -0.779. The van der Waals surface area contributed by atoms with Gasteiger partial charge in [0.05, 0.1) is 11.1 Å². The number of carbonyl (C=O) groups excluding carboxylic acids is 4. The summed E-state index contributed by atoms with van der Waals surface area (Å²) in [7, 11) is 0. The second-order valence-electron chi connectivity index (χ2n) is 11.5. The molecule has 226 valence electrons. The van der Waals surface area contributed by atoms with Crippen molar-refractivity contribution in [1.82, 2.24) is 9.80 Å². The van der Waals surface area contributed by atoms with Gasteiger partial charge in [0.2, 0.25) is 0 Å². The first kappa shape index (κ1) is 29.4. The molecule has 2 unspecified atom stereocenters. The molecule has 3 amide bonds. The number of imide groups is 1. The van der Waals surface area contributed by atoms with Crippen molar-refractivity contribution >= 4 is 35.5 Å². The van der Waals surface area contributed by atoms with Gasteiger partial charge >= 0.3 is 5.97 Å². The monoisotopic (exact) mass is 615 g/mol. The number of esters is 1. The van der Waals surface area contributed by atoms with Crippen LogP contribution in [0.25, 0.3) is 0 Å². The number of benzene rings is 3. The second-order valence-corrected chi connectivity index (χ2v) is 12.6. The lowest BCUT2D eigenvalue weighted by atomic mass is 9.90. The van der Waals surface area contributed by atoms with Crippen molar-refractivity contribution in [1.29, 1.82) is 0 Å². The van der Waals surface area contributed by atoms with Gasteiger partial charge in [-0.2, -0.15) is 0 Å². The molecule has 3 aromatic rings. The van der Waals surface area contributed by atoms with Crippen molar-refractivity contribution in [3.8, 4) is 0 Å². The predicted octanol–water partition coefficient (Wildman–Crippen LogP) is 4.36. The maximum absolute atomic E-state index is 14.1. The molecule has 0 saturated carbocycles. The Morgan fingerprint density at radius 3 is 2.14 bits per heavy atom. The standard InChI is InChI=1S/C32H29N3O8S/c1-18(2)21-15-10-16-22-23(21)28(37)33(27(22)36)24-29(38)34-26(32(3,43-35(40)41)17-44-30(24)34)31(39)42-25(19-11-6-4-7-12-19)20-13-8-5-9-14-20/h4-16,18,24-26,30H,17H2,1-3H3/t24?,26?,30-,32+/m0/s1. The van der Waals surface area contributed by atoms with Gasteiger partial charge in [0.15, 0.2) is 17.7 Å². The molecule has 3 heterocycles. The third kappa shape index (κ3) is 4.69. The van der Waals surface area contributed by atoms with E-state index >= 15 is 0 Å². The molecule has 3 aliphatic heterocycles. The van der Waals surface area contributed by atoms with E-state index in [1.165, 1.54) is 6.92 Å². The Morgan fingerprint density at radius 1 is 0.955 bits per heavy atom. The van der Waals surface area contributed by atoms with E-state index < -0.39 is 57.9 Å². The minimum atomic E-state index is -1.77. The van der Waals surface area contributed by atoms with Crippen LogP contribution < -0.4 is 0 Å². The average Bonchev–Trinajstić information content (AvgIpc) is 3.25. The minimum absolute atomic E-state index is 0.0411. The summed E-state index contributed by atoms with van der Waals surface area (Å²) in [6.07, 6.45) is -0.879. The van der Waals surface area contributed by atoms with Crippen LogP contribution in [0, 0.1) is 10.1 Å². The topological polar surface area (TPSA) is 136 Å². The summed E-state index contributed by atoms with van der Waals surface area (Å²) in [6.45, 7) is 5.20. The summed E-state index contributed by atoms with van der Waals surface area (Å²) < 4.78 is 6.04. The minimum Gasteiger partial charge on any atom is -0.451 e. The molecule has 0 N–H and O–H groups in total. The summed E-state index contributed by atoms with van der Waals surface area (Å²) >= 11 is 1.11. The number of thioether (sulfide) groups is 1. The summed E-state index contributed by atoms with van der Waals surface area (Å²) in [5, 5.41) is 9.76. The Morgan fingerprint density at radius 2 is 1.57 bits per heavy atom. The van der Waals surface area contributed by atoms with Crippen LogP contribution >= 0.6 is 11.8 Å². The van der Waals surface area contributed by atoms with Crippen LogP contribution in [0.1, 0.15) is 70.2 Å². The highest BCUT2D eigenvalue weighted by molar-refractivity contribution is 8.00. The summed E-state index contributed by atoms with van der Waals surface area (Å²) in [5.41, 5.74) is 0.734. The van der Waals surface area contributed by atoms with E-state index in [1.807, 2.05) is 26.0 Å². The molecule has 3 aliphatic rings. The van der Waals surface area contributed by atoms with E-state index in [9.17, 15) is 29.3 Å². The number of fused-ring (bicyclic) bond motifs is 2. The van der Waals surface area contributed by atoms with Crippen LogP contribution in [0.2, 0.25) is 0 Å². The summed E-state index contributed by atoms with van der Waals surface area (Å²) in [6, 6.07) is 20.3. The molecule has 0 aromatic heterocycles. The molecule has 11 nitrogen and oxygen atoms in total. The van der Waals surface area contributed by atoms with E-state index in [2.05, 4.69) is 0 Å². The molecule has 2 saturated heterocycles. The number of hydrogen-bond donors (Lipinski definition) is 0. The van der Waals surface area contributed by atoms with Crippen LogP contribution in [0.15, 0.2) is 78.9 Å². The van der Waals surface area contributed by atoms with Crippen molar-refractivity contribution < 1.29 is 33.8 Å². The highest BCUT2D eigenvalue weighted by Crippen LogP contribution is 2.48. The van der Waals surface area contributed by atoms with Gasteiger partial charge in [0.25, 0.3) is 22.8 Å². The highest BCUT2D eigenvalue weighted by atomic mass is 32.2. The number of β-lactam (4-membered cyclic amide) rings is 1. The molecule has 6 rings (SSSR count). The molecule has 2 fully saturated rings. The third-order valence-corrected chi connectivity index (χ3v) is 9.84. The second kappa shape index (κ2) is 11.1. The number of amides is 3. The lowest BCUT2D eigenvalue weighted by Crippen LogP contribution is -2.79. The molecule has 3 aromatic carbocycles. The van der Waals surface area contributed by atoms with Gasteiger partial charge in [0.1, 0.15) is 11.4 Å². The number of hydrogen-bond acceptors (Lipinski definition) is 9. The average molecular weight is 616 g/mol. The Balaban J connectivity index is 1.34. The largest absolute Gasteiger partial charge is 0.451 e. The fourth-order valence-electron chi connectivity index (χ4n) is 6.22. The zero-order valence-electron chi connectivity index (χ0n) is 24.1. The Bertz CT molecular complexity index is 1630. The van der Waals surface area contributed by atoms with Gasteiger partial charge in [-0.25, -0.2) is 4.79 Å². The Kier molecular flexibility index (Phi) is 7.40. The van der Waals surface area contributed by atoms with Crippen LogP contribution in [-0.4, -0.2) is 67.4 Å². The van der Waals surface area contributed by atoms with Gasteiger partial charge in [-0.3, -0.25) is 19.3 Å². The molecule has 0 radical (unpaired) electrons. The fraction of sp³-hybridized carbons (Fsp3) is 0.312. The molecule has 0 aliphatic carbocycles. The van der Waals surface area contributed by atoms with Gasteiger partial charge in [-0.15, -0.1) is 21.9 Å². The molecule has 0 bridgehead atoms. The highest BCUT2D eigenvalue weighted by Gasteiger charge is 2.66. The summed E-state index contributed by atoms with van der Waals surface area (Å²) in [4.78, 5) is 73.9. The molecule has 0 spiro atoms. The van der Waals surface area contributed by atoms with Crippen molar-refractivity contribution in [3.63, 3.8) is 0 Å². The number of rotatable bonds is 8. The maximum Gasteiger partial charge on any atom is 0.332 e. The van der Waals surface area contributed by atoms with Crippen LogP contribution in [-0.2, 0) is 19.2 Å². The first-order valence-electron chi connectivity index (χ1n) is 14.1. The zero-order chi connectivity index (χ0) is 31.3. The maximum atomic E-state index is 14.1. The normalized spacial score (nSPS) is 24.2. The van der Waals surface area contributed by atoms with Crippen molar-refractivity contribution in [2.24, 2.45) is 0 Å². The van der Waals surface area contributed by atoms with E-state index in [1.54, 1.807) is 66.7 Å². The SMILES string of the molecule is CC(C)c1cccc2c1C(=O)N(C1C(=O)N3C(C(=O)OC(c4ccccc4)c4ccccc4)[C@](C)(O[N+](=O)[O-])CS[C@@H]13)C2=O. The van der Waals surface area contributed by atoms with Gasteiger partial charge in [-0.1, -0.05) is 86.6 Å². The zero-order valence-corrected chi connectivity index (χ0v) is 24.9. The van der Waals surface area contributed by atoms with Crippen molar-refractivity contribution in [3.05, 3.63) is 117 Å². The molecule has 44 heavy (non-hydrogen) atoms. The van der Waals surface area contributed by atoms with Crippen molar-refractivity contribution in [2.45, 2.75) is 55.9 Å². The van der Waals surface area contributed by atoms with E-state index in [0.29, 0.717) is 16.7 Å². The molecule has 12 heteroatoms. The number of ether oxygens (including phenoxy) is 1. The first-order chi connectivity index (χ1) is 21.0. The molecular formula is C32H29N3O8S. The Labute approximate surface area is 257 Å². The summed E-state index contributed by atoms with van der Waals surface area (Å²) in [5.74, 6) is -2.89. The van der Waals surface area contributed by atoms with Crippen LogP contribution in [0.4, 0.5) is 0 Å². The number of nitrogens with zero attached hydrogens (tertiary/aromatic N) is 3.